The number of carbonyl (C=O) groups excluding carboxylic acids is 1. The fourth-order valence-electron chi connectivity index (χ4n) is 3.99. The molecule has 0 radical (unpaired) electrons. The van der Waals surface area contributed by atoms with Crippen molar-refractivity contribution in [1.29, 1.82) is 0 Å². The molecule has 0 aliphatic carbocycles. The maximum Gasteiger partial charge on any atom is 0.346 e. The Morgan fingerprint density at radius 3 is 2.61 bits per heavy atom. The molecule has 0 unspecified atom stereocenters. The van der Waals surface area contributed by atoms with Gasteiger partial charge in [0.2, 0.25) is 5.91 Å². The van der Waals surface area contributed by atoms with Gasteiger partial charge < -0.3 is 24.6 Å². The Hall–Kier alpha value is -3.78. The lowest BCUT2D eigenvalue weighted by atomic mass is 9.88. The van der Waals surface area contributed by atoms with Gasteiger partial charge in [0, 0.05) is 28.3 Å². The highest BCUT2D eigenvalue weighted by molar-refractivity contribution is 7.15. The summed E-state index contributed by atoms with van der Waals surface area (Å²) in [6.07, 6.45) is 1.79. The second-order valence-corrected chi connectivity index (χ2v) is 8.41. The molecule has 2 heterocycles. The molecule has 33 heavy (non-hydrogen) atoms. The minimum atomic E-state index is -1.05. The lowest BCUT2D eigenvalue weighted by Gasteiger charge is -2.26. The van der Waals surface area contributed by atoms with E-state index in [1.807, 2.05) is 12.1 Å². The van der Waals surface area contributed by atoms with E-state index in [0.29, 0.717) is 34.1 Å². The molecule has 1 aliphatic rings. The second kappa shape index (κ2) is 9.38. The van der Waals surface area contributed by atoms with Gasteiger partial charge in [-0.3, -0.25) is 4.79 Å². The van der Waals surface area contributed by atoms with Crippen LogP contribution in [-0.4, -0.2) is 37.8 Å². The van der Waals surface area contributed by atoms with E-state index in [2.05, 4.69) is 11.9 Å². The number of rotatable bonds is 8. The van der Waals surface area contributed by atoms with Gasteiger partial charge in [0.1, 0.15) is 17.2 Å². The molecule has 1 amide bonds. The van der Waals surface area contributed by atoms with Gasteiger partial charge in [-0.05, 0) is 23.8 Å². The summed E-state index contributed by atoms with van der Waals surface area (Å²) >= 11 is 1.16. The number of thiophene rings is 1. The Labute approximate surface area is 195 Å². The molecule has 4 rings (SSSR count). The zero-order valence-electron chi connectivity index (χ0n) is 18.2. The zero-order chi connectivity index (χ0) is 23.5. The number of benzene rings is 2. The van der Waals surface area contributed by atoms with Crippen LogP contribution in [0.4, 0.5) is 5.69 Å². The van der Waals surface area contributed by atoms with Crippen LogP contribution in [0.1, 0.15) is 32.5 Å². The largest absolute Gasteiger partial charge is 0.497 e. The first kappa shape index (κ1) is 22.4. The summed E-state index contributed by atoms with van der Waals surface area (Å²) in [4.78, 5) is 25.9. The molecule has 7 nitrogen and oxygen atoms in total. The number of nitrogens with one attached hydrogen (secondary N) is 1. The number of carboxylic acids is 1. The molecule has 0 saturated heterocycles. The molecule has 0 saturated carbocycles. The smallest absolute Gasteiger partial charge is 0.346 e. The Morgan fingerprint density at radius 1 is 1.21 bits per heavy atom. The van der Waals surface area contributed by atoms with Crippen LogP contribution in [0.25, 0.3) is 11.1 Å². The Kier molecular flexibility index (Phi) is 6.37. The first-order valence-electron chi connectivity index (χ1n) is 10.2. The Balaban J connectivity index is 1.91. The van der Waals surface area contributed by atoms with Crippen LogP contribution in [0.2, 0.25) is 0 Å². The third-order valence-corrected chi connectivity index (χ3v) is 6.72. The van der Waals surface area contributed by atoms with Gasteiger partial charge in [-0.2, -0.15) is 0 Å². The van der Waals surface area contributed by atoms with E-state index in [4.69, 9.17) is 14.2 Å². The van der Waals surface area contributed by atoms with Crippen molar-refractivity contribution < 1.29 is 28.9 Å². The monoisotopic (exact) mass is 465 g/mol. The van der Waals surface area contributed by atoms with Gasteiger partial charge in [0.15, 0.2) is 11.5 Å². The summed E-state index contributed by atoms with van der Waals surface area (Å²) in [5.41, 5.74) is 2.44. The molecule has 0 bridgehead atoms. The van der Waals surface area contributed by atoms with Crippen LogP contribution in [0.5, 0.6) is 17.2 Å². The van der Waals surface area contributed by atoms with Crippen molar-refractivity contribution in [1.82, 2.24) is 0 Å². The highest BCUT2D eigenvalue weighted by atomic mass is 32.1. The number of carbonyl (C=O) groups is 2. The molecule has 0 fully saturated rings. The Morgan fingerprint density at radius 2 is 1.97 bits per heavy atom. The predicted octanol–water partition coefficient (Wildman–Crippen LogP) is 5.17. The van der Waals surface area contributed by atoms with Crippen molar-refractivity contribution in [3.8, 4) is 28.4 Å². The van der Waals surface area contributed by atoms with Gasteiger partial charge in [0.05, 0.1) is 19.9 Å². The van der Waals surface area contributed by atoms with Crippen LogP contribution >= 0.6 is 11.3 Å². The molecule has 3 aromatic rings. The number of aromatic carboxylic acids is 1. The third-order valence-electron chi connectivity index (χ3n) is 5.43. The van der Waals surface area contributed by atoms with Crippen LogP contribution in [0.15, 0.2) is 55.1 Å². The lowest BCUT2D eigenvalue weighted by Crippen LogP contribution is -2.23. The van der Waals surface area contributed by atoms with Gasteiger partial charge in [-0.25, -0.2) is 4.79 Å². The number of para-hydroxylation sites is 1. The quantitative estimate of drug-likeness (QED) is 0.446. The van der Waals surface area contributed by atoms with Crippen molar-refractivity contribution >= 4 is 28.9 Å². The standard InChI is InChI=1S/C25H23NO6S/c1-4-12-32-22-16(6-5-7-18(22)31-3)17-13-19(27)26-21-20(24(25(28)29)33-23(17)21)14-8-10-15(30-2)11-9-14/h4-11,17H,1,12-13H2,2-3H3,(H,26,27)(H,28,29)/t17-/m0/s1. The summed E-state index contributed by atoms with van der Waals surface area (Å²) in [7, 11) is 3.11. The minimum absolute atomic E-state index is 0.159. The normalized spacial score (nSPS) is 14.7. The SMILES string of the molecule is C=CCOc1c(OC)cccc1[C@@H]1CC(=O)Nc2c1sc(C(=O)O)c2-c1ccc(OC)cc1. The molecule has 1 atom stereocenters. The fourth-order valence-corrected chi connectivity index (χ4v) is 5.22. The average molecular weight is 466 g/mol. The van der Waals surface area contributed by atoms with Crippen LogP contribution in [0, 0.1) is 0 Å². The summed E-state index contributed by atoms with van der Waals surface area (Å²) in [6.45, 7) is 3.96. The number of amides is 1. The first-order valence-corrected chi connectivity index (χ1v) is 11.0. The highest BCUT2D eigenvalue weighted by Crippen LogP contribution is 2.52. The van der Waals surface area contributed by atoms with Gasteiger partial charge >= 0.3 is 5.97 Å². The number of ether oxygens (including phenoxy) is 3. The molecular formula is C25H23NO6S. The average Bonchev–Trinajstić information content (AvgIpc) is 3.21. The van der Waals surface area contributed by atoms with E-state index in [1.54, 1.807) is 50.6 Å². The van der Waals surface area contributed by atoms with E-state index in [1.165, 1.54) is 0 Å². The van der Waals surface area contributed by atoms with E-state index < -0.39 is 11.9 Å². The topological polar surface area (TPSA) is 94.1 Å². The molecular weight excluding hydrogens is 442 g/mol. The predicted molar refractivity (Wildman–Crippen MR) is 127 cm³/mol. The lowest BCUT2D eigenvalue weighted by molar-refractivity contribution is -0.116. The van der Waals surface area contributed by atoms with Crippen molar-refractivity contribution in [2.24, 2.45) is 0 Å². The van der Waals surface area contributed by atoms with E-state index in [0.717, 1.165) is 21.8 Å². The zero-order valence-corrected chi connectivity index (χ0v) is 19.0. The number of carboxylic acid groups (broad SMARTS) is 1. The van der Waals surface area contributed by atoms with Gasteiger partial charge in [-0.15, -0.1) is 11.3 Å². The van der Waals surface area contributed by atoms with E-state index >= 15 is 0 Å². The van der Waals surface area contributed by atoms with E-state index in [-0.39, 0.29) is 23.8 Å². The van der Waals surface area contributed by atoms with Crippen molar-refractivity contribution in [3.63, 3.8) is 0 Å². The third kappa shape index (κ3) is 4.17. The molecule has 8 heteroatoms. The fraction of sp³-hybridized carbons (Fsp3) is 0.200. The highest BCUT2D eigenvalue weighted by Gasteiger charge is 2.36. The van der Waals surface area contributed by atoms with Crippen LogP contribution in [-0.2, 0) is 4.79 Å². The molecule has 170 valence electrons. The second-order valence-electron chi connectivity index (χ2n) is 7.36. The number of methoxy groups -OCH3 is 2. The summed E-state index contributed by atoms with van der Waals surface area (Å²) < 4.78 is 16.6. The number of fused-ring (bicyclic) bond motifs is 1. The number of anilines is 1. The summed E-state index contributed by atoms with van der Waals surface area (Å²) in [6, 6.07) is 12.6. The van der Waals surface area contributed by atoms with Crippen molar-refractivity contribution in [2.75, 3.05) is 26.1 Å². The Bertz CT molecular complexity index is 1210. The molecule has 0 spiro atoms. The van der Waals surface area contributed by atoms with Crippen LogP contribution in [0.3, 0.4) is 0 Å². The summed E-state index contributed by atoms with van der Waals surface area (Å²) in [5, 5.41) is 12.9. The van der Waals surface area contributed by atoms with Crippen LogP contribution < -0.4 is 19.5 Å². The van der Waals surface area contributed by atoms with Crippen molar-refractivity contribution in [3.05, 3.63) is 70.4 Å². The first-order chi connectivity index (χ1) is 16.0. The minimum Gasteiger partial charge on any atom is -0.497 e. The molecule has 2 aromatic carbocycles. The number of hydrogen-bond donors (Lipinski definition) is 2. The van der Waals surface area contributed by atoms with Gasteiger partial charge in [0.25, 0.3) is 0 Å². The van der Waals surface area contributed by atoms with E-state index in [9.17, 15) is 14.7 Å². The number of hydrogen-bond acceptors (Lipinski definition) is 6. The molecule has 1 aliphatic heterocycles. The maximum atomic E-state index is 12.8. The van der Waals surface area contributed by atoms with Crippen molar-refractivity contribution in [2.45, 2.75) is 12.3 Å². The van der Waals surface area contributed by atoms with Gasteiger partial charge in [-0.1, -0.05) is 36.9 Å². The maximum absolute atomic E-state index is 12.8. The molecule has 1 aromatic heterocycles. The summed E-state index contributed by atoms with van der Waals surface area (Å²) in [5.74, 6) is 0.0614. The molecule has 2 N–H and O–H groups in total.